The van der Waals surface area contributed by atoms with Gasteiger partial charge in [0.2, 0.25) is 5.91 Å². The van der Waals surface area contributed by atoms with Crippen molar-refractivity contribution in [1.82, 2.24) is 5.32 Å². The van der Waals surface area contributed by atoms with E-state index in [4.69, 9.17) is 9.47 Å². The van der Waals surface area contributed by atoms with Crippen molar-refractivity contribution in [2.45, 2.75) is 57.9 Å². The minimum Gasteiger partial charge on any atom is -0.486 e. The molecule has 1 aliphatic carbocycles. The fourth-order valence-electron chi connectivity index (χ4n) is 4.50. The predicted octanol–water partition coefficient (Wildman–Crippen LogP) is 4.35. The molecular formula is C25H30N2O4. The molecule has 0 aromatic heterocycles. The average molecular weight is 423 g/mol. The Balaban J connectivity index is 1.61. The van der Waals surface area contributed by atoms with Crippen LogP contribution in [-0.2, 0) is 10.2 Å². The largest absolute Gasteiger partial charge is 0.486 e. The van der Waals surface area contributed by atoms with Gasteiger partial charge in [-0.25, -0.2) is 0 Å². The van der Waals surface area contributed by atoms with Crippen LogP contribution in [0.2, 0.25) is 0 Å². The van der Waals surface area contributed by atoms with Gasteiger partial charge in [-0.3, -0.25) is 9.59 Å². The van der Waals surface area contributed by atoms with Gasteiger partial charge in [-0.1, -0.05) is 25.0 Å². The zero-order valence-corrected chi connectivity index (χ0v) is 18.4. The van der Waals surface area contributed by atoms with Crippen molar-refractivity contribution in [2.24, 2.45) is 0 Å². The minimum absolute atomic E-state index is 0.0410. The van der Waals surface area contributed by atoms with Gasteiger partial charge in [0.1, 0.15) is 13.2 Å². The van der Waals surface area contributed by atoms with E-state index in [-0.39, 0.29) is 17.9 Å². The van der Waals surface area contributed by atoms with Crippen molar-refractivity contribution in [3.05, 3.63) is 53.1 Å². The van der Waals surface area contributed by atoms with Gasteiger partial charge in [0.15, 0.2) is 11.5 Å². The summed E-state index contributed by atoms with van der Waals surface area (Å²) >= 11 is 0. The highest BCUT2D eigenvalue weighted by molar-refractivity contribution is 6.02. The van der Waals surface area contributed by atoms with Crippen molar-refractivity contribution < 1.29 is 19.1 Å². The zero-order chi connectivity index (χ0) is 22.0. The van der Waals surface area contributed by atoms with Crippen molar-refractivity contribution in [2.75, 3.05) is 18.5 Å². The maximum Gasteiger partial charge on any atom is 0.251 e. The number of amides is 2. The Kier molecular flexibility index (Phi) is 5.90. The van der Waals surface area contributed by atoms with E-state index in [0.717, 1.165) is 42.6 Å². The fourth-order valence-corrected chi connectivity index (χ4v) is 4.50. The molecule has 164 valence electrons. The zero-order valence-electron chi connectivity index (χ0n) is 18.4. The molecule has 2 aromatic rings. The van der Waals surface area contributed by atoms with E-state index in [1.54, 1.807) is 6.07 Å². The van der Waals surface area contributed by atoms with Gasteiger partial charge in [-0.15, -0.1) is 0 Å². The van der Waals surface area contributed by atoms with Gasteiger partial charge in [-0.2, -0.15) is 0 Å². The molecule has 0 atom stereocenters. The molecule has 1 saturated carbocycles. The smallest absolute Gasteiger partial charge is 0.251 e. The number of aryl methyl sites for hydroxylation is 1. The molecule has 0 unspecified atom stereocenters. The van der Waals surface area contributed by atoms with Crippen LogP contribution in [0.15, 0.2) is 36.4 Å². The van der Waals surface area contributed by atoms with Crippen molar-refractivity contribution in [3.8, 4) is 11.5 Å². The summed E-state index contributed by atoms with van der Waals surface area (Å²) in [4.78, 5) is 26.1. The summed E-state index contributed by atoms with van der Waals surface area (Å²) in [6.07, 6.45) is 3.56. The Morgan fingerprint density at radius 3 is 2.39 bits per heavy atom. The summed E-state index contributed by atoms with van der Waals surface area (Å²) in [6, 6.07) is 11.4. The highest BCUT2D eigenvalue weighted by atomic mass is 16.6. The molecule has 1 aliphatic heterocycles. The Morgan fingerprint density at radius 2 is 1.68 bits per heavy atom. The van der Waals surface area contributed by atoms with E-state index in [9.17, 15) is 9.59 Å². The Morgan fingerprint density at radius 1 is 0.968 bits per heavy atom. The number of ether oxygens (including phenoxy) is 2. The third kappa shape index (κ3) is 4.24. The third-order valence-corrected chi connectivity index (χ3v) is 6.15. The van der Waals surface area contributed by atoms with Crippen molar-refractivity contribution >= 4 is 17.5 Å². The predicted molar refractivity (Wildman–Crippen MR) is 120 cm³/mol. The standard InChI is InChI=1S/C25H30N2O4/c1-16(2)26-23(28)20-15-19(8-6-17(20)3)27-24(29)25(10-4-5-11-25)18-7-9-21-22(14-18)31-13-12-30-21/h6-9,14-16H,4-5,10-13H2,1-3H3,(H,26,28)(H,27,29). The average Bonchev–Trinajstić information content (AvgIpc) is 3.25. The summed E-state index contributed by atoms with van der Waals surface area (Å²) < 4.78 is 11.4. The fraction of sp³-hybridized carbons (Fsp3) is 0.440. The number of nitrogens with one attached hydrogen (secondary N) is 2. The maximum atomic E-state index is 13.6. The molecule has 2 aliphatic rings. The first-order chi connectivity index (χ1) is 14.9. The lowest BCUT2D eigenvalue weighted by atomic mass is 9.77. The Bertz CT molecular complexity index is 993. The molecule has 2 N–H and O–H groups in total. The summed E-state index contributed by atoms with van der Waals surface area (Å²) in [6.45, 7) is 6.80. The molecule has 1 heterocycles. The van der Waals surface area contributed by atoms with Crippen LogP contribution in [-0.4, -0.2) is 31.1 Å². The summed E-state index contributed by atoms with van der Waals surface area (Å²) in [5.74, 6) is 1.25. The van der Waals surface area contributed by atoms with E-state index >= 15 is 0 Å². The summed E-state index contributed by atoms with van der Waals surface area (Å²) in [5, 5.41) is 6.01. The molecule has 4 rings (SSSR count). The molecule has 0 saturated heterocycles. The van der Waals surface area contributed by atoms with Crippen molar-refractivity contribution in [1.29, 1.82) is 0 Å². The Hall–Kier alpha value is -3.02. The van der Waals surface area contributed by atoms with Crippen LogP contribution in [0.4, 0.5) is 5.69 Å². The molecular weight excluding hydrogens is 392 g/mol. The number of hydrogen-bond donors (Lipinski definition) is 2. The molecule has 2 aromatic carbocycles. The number of anilines is 1. The SMILES string of the molecule is Cc1ccc(NC(=O)C2(c3ccc4c(c3)OCCO4)CCCC2)cc1C(=O)NC(C)C. The third-order valence-electron chi connectivity index (χ3n) is 6.15. The number of fused-ring (bicyclic) bond motifs is 1. The lowest BCUT2D eigenvalue weighted by Gasteiger charge is -2.30. The van der Waals surface area contributed by atoms with Gasteiger partial charge in [0, 0.05) is 17.3 Å². The van der Waals surface area contributed by atoms with Crippen LogP contribution in [0.25, 0.3) is 0 Å². The lowest BCUT2D eigenvalue weighted by molar-refractivity contribution is -0.121. The van der Waals surface area contributed by atoms with Gasteiger partial charge in [0.25, 0.3) is 5.91 Å². The quantitative estimate of drug-likeness (QED) is 0.751. The topological polar surface area (TPSA) is 76.7 Å². The number of benzene rings is 2. The second kappa shape index (κ2) is 8.61. The van der Waals surface area contributed by atoms with Gasteiger partial charge in [0.05, 0.1) is 5.41 Å². The van der Waals surface area contributed by atoms with E-state index in [1.807, 2.05) is 51.1 Å². The molecule has 31 heavy (non-hydrogen) atoms. The first-order valence-electron chi connectivity index (χ1n) is 11.0. The highest BCUT2D eigenvalue weighted by Gasteiger charge is 2.43. The van der Waals surface area contributed by atoms with Gasteiger partial charge < -0.3 is 20.1 Å². The first-order valence-corrected chi connectivity index (χ1v) is 11.0. The van der Waals surface area contributed by atoms with E-state index in [2.05, 4.69) is 10.6 Å². The van der Waals surface area contributed by atoms with Crippen LogP contribution in [0, 0.1) is 6.92 Å². The van der Waals surface area contributed by atoms with Crippen LogP contribution in [0.5, 0.6) is 11.5 Å². The first kappa shape index (κ1) is 21.2. The summed E-state index contributed by atoms with van der Waals surface area (Å²) in [5.41, 5.74) is 2.43. The second-order valence-corrected chi connectivity index (χ2v) is 8.76. The van der Waals surface area contributed by atoms with Gasteiger partial charge >= 0.3 is 0 Å². The van der Waals surface area contributed by atoms with Crippen LogP contribution < -0.4 is 20.1 Å². The number of hydrogen-bond acceptors (Lipinski definition) is 4. The number of rotatable bonds is 5. The molecule has 0 spiro atoms. The van der Waals surface area contributed by atoms with E-state index in [1.165, 1.54) is 0 Å². The molecule has 0 radical (unpaired) electrons. The monoisotopic (exact) mass is 422 g/mol. The molecule has 0 bridgehead atoms. The van der Waals surface area contributed by atoms with Crippen LogP contribution >= 0.6 is 0 Å². The molecule has 6 heteroatoms. The van der Waals surface area contributed by atoms with E-state index < -0.39 is 5.41 Å². The molecule has 1 fully saturated rings. The normalized spacial score (nSPS) is 16.8. The summed E-state index contributed by atoms with van der Waals surface area (Å²) in [7, 11) is 0. The number of carbonyl (C=O) groups is 2. The van der Waals surface area contributed by atoms with Crippen LogP contribution in [0.1, 0.15) is 61.0 Å². The second-order valence-electron chi connectivity index (χ2n) is 8.76. The highest BCUT2D eigenvalue weighted by Crippen LogP contribution is 2.45. The van der Waals surface area contributed by atoms with Gasteiger partial charge in [-0.05, 0) is 69.0 Å². The molecule has 6 nitrogen and oxygen atoms in total. The number of carbonyl (C=O) groups excluding carboxylic acids is 2. The maximum absolute atomic E-state index is 13.6. The minimum atomic E-state index is -0.610. The molecule has 2 amide bonds. The lowest BCUT2D eigenvalue weighted by Crippen LogP contribution is -2.38. The van der Waals surface area contributed by atoms with E-state index in [0.29, 0.717) is 30.2 Å². The van der Waals surface area contributed by atoms with Crippen LogP contribution in [0.3, 0.4) is 0 Å². The van der Waals surface area contributed by atoms with Crippen molar-refractivity contribution in [3.63, 3.8) is 0 Å². The Labute approximate surface area is 183 Å².